The highest BCUT2D eigenvalue weighted by molar-refractivity contribution is 5.93. The predicted molar refractivity (Wildman–Crippen MR) is 66.0 cm³/mol. The van der Waals surface area contributed by atoms with Crippen LogP contribution < -0.4 is 0 Å². The molecule has 1 heterocycles. The number of nitrogens with zero attached hydrogens (tertiary/aromatic N) is 2. The average molecular weight is 242 g/mol. The minimum atomic E-state index is 0.00202. The molecule has 0 atom stereocenters. The first-order valence-electron chi connectivity index (χ1n) is 6.28. The van der Waals surface area contributed by atoms with Gasteiger partial charge < -0.3 is 4.42 Å². The minimum absolute atomic E-state index is 0.00202. The second kappa shape index (κ2) is 4.72. The number of hydrogen-bond acceptors (Lipinski definition) is 4. The fraction of sp³-hybridized carbons (Fsp3) is 0.357. The number of benzene rings is 1. The molecule has 1 aliphatic rings. The van der Waals surface area contributed by atoms with Crippen molar-refractivity contribution < 1.29 is 9.21 Å². The minimum Gasteiger partial charge on any atom is -0.414 e. The van der Waals surface area contributed by atoms with Gasteiger partial charge in [-0.05, 0) is 25.0 Å². The Labute approximate surface area is 105 Å². The largest absolute Gasteiger partial charge is 0.414 e. The number of aromatic nitrogens is 2. The Kier molecular flexibility index (Phi) is 2.92. The highest BCUT2D eigenvalue weighted by Gasteiger charge is 2.27. The van der Waals surface area contributed by atoms with E-state index in [0.717, 1.165) is 31.2 Å². The Hall–Kier alpha value is -1.97. The van der Waals surface area contributed by atoms with Crippen LogP contribution in [0.3, 0.4) is 0 Å². The van der Waals surface area contributed by atoms with Crippen LogP contribution in [0.2, 0.25) is 0 Å². The summed E-state index contributed by atoms with van der Waals surface area (Å²) in [5, 5.41) is 7.81. The Bertz CT molecular complexity index is 542. The molecule has 1 aliphatic carbocycles. The topological polar surface area (TPSA) is 56.0 Å². The lowest BCUT2D eigenvalue weighted by atomic mass is 10.0. The van der Waals surface area contributed by atoms with E-state index in [9.17, 15) is 4.79 Å². The van der Waals surface area contributed by atoms with E-state index in [-0.39, 0.29) is 17.6 Å². The fourth-order valence-electron chi connectivity index (χ4n) is 2.38. The summed E-state index contributed by atoms with van der Waals surface area (Å²) < 4.78 is 5.47. The van der Waals surface area contributed by atoms with E-state index < -0.39 is 0 Å². The van der Waals surface area contributed by atoms with E-state index in [1.54, 1.807) is 0 Å². The number of Topliss-reactive ketones (excluding diaryl/α,β-unsaturated/α-hetero) is 1. The first-order chi connectivity index (χ1) is 8.84. The Morgan fingerprint density at radius 1 is 1.11 bits per heavy atom. The van der Waals surface area contributed by atoms with E-state index in [0.29, 0.717) is 5.89 Å². The highest BCUT2D eigenvalue weighted by Crippen LogP contribution is 2.28. The molecule has 1 fully saturated rings. The molecule has 0 unspecified atom stereocenters. The molecule has 0 spiro atoms. The summed E-state index contributed by atoms with van der Waals surface area (Å²) in [6.45, 7) is 0. The van der Waals surface area contributed by atoms with Crippen LogP contribution in [0.15, 0.2) is 34.7 Å². The zero-order valence-electron chi connectivity index (χ0n) is 10.0. The lowest BCUT2D eigenvalue weighted by Gasteiger charge is -2.02. The van der Waals surface area contributed by atoms with Gasteiger partial charge in [-0.3, -0.25) is 4.79 Å². The molecule has 0 aliphatic heterocycles. The SMILES string of the molecule is O=C(c1nnc(-c2ccccc2)o1)C1CCCC1. The van der Waals surface area contributed by atoms with Crippen LogP contribution in [0.5, 0.6) is 0 Å². The van der Waals surface area contributed by atoms with Crippen molar-refractivity contribution >= 4 is 5.78 Å². The van der Waals surface area contributed by atoms with E-state index in [4.69, 9.17) is 4.42 Å². The Morgan fingerprint density at radius 2 is 1.83 bits per heavy atom. The van der Waals surface area contributed by atoms with Gasteiger partial charge in [-0.15, -0.1) is 10.2 Å². The number of rotatable bonds is 3. The summed E-state index contributed by atoms with van der Waals surface area (Å²) in [5.74, 6) is 0.647. The molecule has 0 radical (unpaired) electrons. The van der Waals surface area contributed by atoms with Gasteiger partial charge in [0.05, 0.1) is 0 Å². The fourth-order valence-corrected chi connectivity index (χ4v) is 2.38. The third kappa shape index (κ3) is 2.06. The van der Waals surface area contributed by atoms with Crippen molar-refractivity contribution in [1.29, 1.82) is 0 Å². The molecule has 4 heteroatoms. The molecule has 1 aromatic carbocycles. The van der Waals surface area contributed by atoms with Gasteiger partial charge in [0.1, 0.15) is 0 Å². The molecule has 18 heavy (non-hydrogen) atoms. The lowest BCUT2D eigenvalue weighted by Crippen LogP contribution is -2.11. The first-order valence-corrected chi connectivity index (χ1v) is 6.28. The van der Waals surface area contributed by atoms with Crippen molar-refractivity contribution in [2.45, 2.75) is 25.7 Å². The standard InChI is InChI=1S/C14H14N2O2/c17-12(10-6-4-5-7-10)14-16-15-13(18-14)11-8-2-1-3-9-11/h1-3,8-10H,4-7H2. The summed E-state index contributed by atoms with van der Waals surface area (Å²) in [4.78, 5) is 12.1. The van der Waals surface area contributed by atoms with Crippen molar-refractivity contribution in [1.82, 2.24) is 10.2 Å². The van der Waals surface area contributed by atoms with Crippen molar-refractivity contribution in [3.05, 3.63) is 36.2 Å². The number of carbonyl (C=O) groups excluding carboxylic acids is 1. The van der Waals surface area contributed by atoms with E-state index in [1.807, 2.05) is 30.3 Å². The normalized spacial score (nSPS) is 16.0. The van der Waals surface area contributed by atoms with Gasteiger partial charge in [0.25, 0.3) is 5.89 Å². The molecule has 0 amide bonds. The smallest absolute Gasteiger partial charge is 0.284 e. The molecule has 1 saturated carbocycles. The van der Waals surface area contributed by atoms with Crippen molar-refractivity contribution in [2.75, 3.05) is 0 Å². The zero-order chi connectivity index (χ0) is 12.4. The van der Waals surface area contributed by atoms with Crippen LogP contribution >= 0.6 is 0 Å². The number of carbonyl (C=O) groups is 1. The van der Waals surface area contributed by atoms with Gasteiger partial charge in [0.15, 0.2) is 0 Å². The van der Waals surface area contributed by atoms with Crippen molar-refractivity contribution in [2.24, 2.45) is 5.92 Å². The maximum atomic E-state index is 12.1. The summed E-state index contributed by atoms with van der Waals surface area (Å²) in [6, 6.07) is 9.50. The Morgan fingerprint density at radius 3 is 2.56 bits per heavy atom. The molecule has 0 saturated heterocycles. The quantitative estimate of drug-likeness (QED) is 0.776. The lowest BCUT2D eigenvalue weighted by molar-refractivity contribution is 0.0888. The summed E-state index contributed by atoms with van der Waals surface area (Å²) in [7, 11) is 0. The van der Waals surface area contributed by atoms with Crippen LogP contribution in [0.1, 0.15) is 36.4 Å². The van der Waals surface area contributed by atoms with Gasteiger partial charge >= 0.3 is 0 Å². The van der Waals surface area contributed by atoms with Crippen LogP contribution in [-0.2, 0) is 0 Å². The van der Waals surface area contributed by atoms with Gasteiger partial charge in [-0.2, -0.15) is 0 Å². The summed E-state index contributed by atoms with van der Waals surface area (Å²) in [6.07, 6.45) is 4.13. The van der Waals surface area contributed by atoms with Crippen LogP contribution in [-0.4, -0.2) is 16.0 Å². The molecule has 0 N–H and O–H groups in total. The van der Waals surface area contributed by atoms with E-state index >= 15 is 0 Å². The maximum absolute atomic E-state index is 12.1. The third-order valence-electron chi connectivity index (χ3n) is 3.38. The van der Waals surface area contributed by atoms with Gasteiger partial charge in [-0.1, -0.05) is 31.0 Å². The second-order valence-electron chi connectivity index (χ2n) is 4.62. The number of hydrogen-bond donors (Lipinski definition) is 0. The van der Waals surface area contributed by atoms with Crippen molar-refractivity contribution in [3.63, 3.8) is 0 Å². The molecule has 1 aromatic heterocycles. The summed E-state index contributed by atoms with van der Waals surface area (Å²) in [5.41, 5.74) is 0.843. The summed E-state index contributed by atoms with van der Waals surface area (Å²) >= 11 is 0. The number of ketones is 1. The van der Waals surface area contributed by atoms with Gasteiger partial charge in [0.2, 0.25) is 11.7 Å². The Balaban J connectivity index is 1.83. The molecular weight excluding hydrogens is 228 g/mol. The molecule has 92 valence electrons. The monoisotopic (exact) mass is 242 g/mol. The predicted octanol–water partition coefficient (Wildman–Crippen LogP) is 3.11. The highest BCUT2D eigenvalue weighted by atomic mass is 16.4. The molecular formula is C14H14N2O2. The second-order valence-corrected chi connectivity index (χ2v) is 4.62. The van der Waals surface area contributed by atoms with E-state index in [2.05, 4.69) is 10.2 Å². The molecule has 2 aromatic rings. The van der Waals surface area contributed by atoms with Crippen molar-refractivity contribution in [3.8, 4) is 11.5 Å². The molecule has 3 rings (SSSR count). The van der Waals surface area contributed by atoms with Crippen LogP contribution in [0.25, 0.3) is 11.5 Å². The van der Waals surface area contributed by atoms with E-state index in [1.165, 1.54) is 0 Å². The zero-order valence-corrected chi connectivity index (χ0v) is 10.0. The van der Waals surface area contributed by atoms with Crippen LogP contribution in [0.4, 0.5) is 0 Å². The average Bonchev–Trinajstić information content (AvgIpc) is 3.10. The van der Waals surface area contributed by atoms with Crippen LogP contribution in [0, 0.1) is 5.92 Å². The van der Waals surface area contributed by atoms with Gasteiger partial charge in [-0.25, -0.2) is 0 Å². The first kappa shape index (κ1) is 11.1. The van der Waals surface area contributed by atoms with Gasteiger partial charge in [0, 0.05) is 11.5 Å². The maximum Gasteiger partial charge on any atom is 0.284 e. The molecule has 0 bridgehead atoms. The molecule has 4 nitrogen and oxygen atoms in total. The third-order valence-corrected chi connectivity index (χ3v) is 3.38.